The summed E-state index contributed by atoms with van der Waals surface area (Å²) in [6, 6.07) is 3.82. The maximum absolute atomic E-state index is 13.6. The molecule has 3 N–H and O–H groups in total. The third kappa shape index (κ3) is 6.12. The van der Waals surface area contributed by atoms with Crippen molar-refractivity contribution in [2.45, 2.75) is 47.1 Å². The van der Waals surface area contributed by atoms with E-state index in [1.807, 2.05) is 0 Å². The molecule has 1 aliphatic rings. The number of alkyl halides is 6. The third-order valence-electron chi connectivity index (χ3n) is 5.95. The van der Waals surface area contributed by atoms with Crippen LogP contribution in [0.5, 0.6) is 0 Å². The average molecular weight is 605 g/mol. The first-order chi connectivity index (χ1) is 17.9. The Labute approximate surface area is 223 Å². The number of benzene rings is 2. The Morgan fingerprint density at radius 2 is 1.69 bits per heavy atom. The van der Waals surface area contributed by atoms with Gasteiger partial charge in [-0.25, -0.2) is 12.8 Å². The molecule has 7 nitrogen and oxygen atoms in total. The van der Waals surface area contributed by atoms with Gasteiger partial charge in [-0.05, 0) is 42.3 Å². The van der Waals surface area contributed by atoms with Crippen molar-refractivity contribution in [1.82, 2.24) is 5.32 Å². The highest BCUT2D eigenvalue weighted by atomic mass is 32.2. The smallest absolute Gasteiger partial charge is 0.396 e. The topological polar surface area (TPSA) is 107 Å². The minimum Gasteiger partial charge on any atom is -0.396 e. The van der Waals surface area contributed by atoms with E-state index >= 15 is 0 Å². The number of rotatable bonds is 8. The van der Waals surface area contributed by atoms with Gasteiger partial charge in [0.05, 0.1) is 16.6 Å². The fraction of sp³-hybridized carbons (Fsp3) is 0.435. The molecule has 2 atom stereocenters. The first-order valence-electron chi connectivity index (χ1n) is 11.2. The van der Waals surface area contributed by atoms with Crippen LogP contribution in [0.3, 0.4) is 0 Å². The number of carbonyl (C=O) groups excluding carboxylic acids is 1. The number of nitrogens with one attached hydrogen (secondary N) is 1. The molecule has 16 heteroatoms. The fourth-order valence-corrected chi connectivity index (χ4v) is 6.78. The minimum absolute atomic E-state index is 0.0628. The number of hydrogen-bond donors (Lipinski definition) is 3. The molecule has 2 aromatic rings. The maximum Gasteiger partial charge on any atom is 0.430 e. The summed E-state index contributed by atoms with van der Waals surface area (Å²) in [5, 5.41) is 21.4. The molecule has 0 spiro atoms. The lowest BCUT2D eigenvalue weighted by Gasteiger charge is -2.38. The molecule has 0 aromatic heterocycles. The van der Waals surface area contributed by atoms with Crippen molar-refractivity contribution in [3.63, 3.8) is 0 Å². The van der Waals surface area contributed by atoms with E-state index in [4.69, 9.17) is 5.11 Å². The van der Waals surface area contributed by atoms with Gasteiger partial charge in [0, 0.05) is 35.8 Å². The van der Waals surface area contributed by atoms with E-state index in [-0.39, 0.29) is 35.4 Å². The minimum atomic E-state index is -6.15. The van der Waals surface area contributed by atoms with Crippen LogP contribution in [0.25, 0.3) is 0 Å². The van der Waals surface area contributed by atoms with Gasteiger partial charge < -0.3 is 15.5 Å². The van der Waals surface area contributed by atoms with Gasteiger partial charge in [-0.3, -0.25) is 9.10 Å². The molecule has 0 bridgehead atoms. The van der Waals surface area contributed by atoms with Crippen molar-refractivity contribution in [2.75, 3.05) is 23.2 Å². The second-order valence-corrected chi connectivity index (χ2v) is 11.8. The highest BCUT2D eigenvalue weighted by Crippen LogP contribution is 2.52. The molecule has 0 radical (unpaired) electrons. The van der Waals surface area contributed by atoms with Crippen molar-refractivity contribution in [3.05, 3.63) is 53.8 Å². The molecular formula is C23H23F7N2O5S2. The summed E-state index contributed by atoms with van der Waals surface area (Å²) in [6.07, 6.45) is -12.7. The zero-order valence-corrected chi connectivity index (χ0v) is 21.7. The van der Waals surface area contributed by atoms with Crippen molar-refractivity contribution in [2.24, 2.45) is 5.92 Å². The van der Waals surface area contributed by atoms with Gasteiger partial charge in [-0.2, -0.15) is 26.3 Å². The van der Waals surface area contributed by atoms with E-state index in [0.717, 1.165) is 24.3 Å². The number of hydrogen-bond acceptors (Lipinski definition) is 6. The standard InChI is InChI=1S/C23H23F7N2O5S2/c1-13(11-33)10-31-20(34)9-16-12-38-19-8-14(21(35,22(25,26)27)23(28,29)30)2-7-18(19)32(16)39(36,37)17-5-3-15(24)4-6-17/h2-8,13,16,33,35H,9-12H2,1H3,(H,31,34)/t13?,16-/m0/s1. The molecule has 0 fully saturated rings. The Morgan fingerprint density at radius 1 is 1.10 bits per heavy atom. The first kappa shape index (κ1) is 31.0. The Morgan fingerprint density at radius 3 is 2.23 bits per heavy atom. The molecule has 39 heavy (non-hydrogen) atoms. The molecule has 0 aliphatic carbocycles. The Hall–Kier alpha value is -2.56. The van der Waals surface area contributed by atoms with E-state index in [1.54, 1.807) is 6.92 Å². The van der Waals surface area contributed by atoms with Gasteiger partial charge in [0.1, 0.15) is 5.82 Å². The Bertz CT molecular complexity index is 1290. The number of carbonyl (C=O) groups is 1. The fourth-order valence-electron chi connectivity index (χ4n) is 3.80. The highest BCUT2D eigenvalue weighted by Gasteiger charge is 2.71. The molecule has 216 valence electrons. The van der Waals surface area contributed by atoms with E-state index < -0.39 is 62.6 Å². The predicted octanol–water partition coefficient (Wildman–Crippen LogP) is 3.94. The van der Waals surface area contributed by atoms with Crippen molar-refractivity contribution >= 4 is 33.4 Å². The third-order valence-corrected chi connectivity index (χ3v) is 9.02. The summed E-state index contributed by atoms with van der Waals surface area (Å²) in [7, 11) is -4.60. The van der Waals surface area contributed by atoms with Crippen molar-refractivity contribution in [3.8, 4) is 0 Å². The number of anilines is 1. The zero-order valence-electron chi connectivity index (χ0n) is 20.1. The number of thioether (sulfide) groups is 1. The van der Waals surface area contributed by atoms with Crippen LogP contribution >= 0.6 is 11.8 Å². The lowest BCUT2D eigenvalue weighted by atomic mass is 9.92. The number of nitrogens with zero attached hydrogens (tertiary/aromatic N) is 1. The quantitative estimate of drug-likeness (QED) is 0.395. The van der Waals surface area contributed by atoms with Crippen LogP contribution in [0, 0.1) is 11.7 Å². The molecule has 0 saturated carbocycles. The maximum atomic E-state index is 13.6. The monoisotopic (exact) mass is 604 g/mol. The zero-order chi connectivity index (χ0) is 29.4. The van der Waals surface area contributed by atoms with Gasteiger partial charge >= 0.3 is 12.4 Å². The molecule has 1 aliphatic heterocycles. The second kappa shape index (κ2) is 11.1. The van der Waals surface area contributed by atoms with Crippen molar-refractivity contribution in [1.29, 1.82) is 0 Å². The van der Waals surface area contributed by atoms with Crippen LogP contribution in [0.2, 0.25) is 0 Å². The lowest BCUT2D eigenvalue weighted by molar-refractivity contribution is -0.376. The Kier molecular flexibility index (Phi) is 8.84. The average Bonchev–Trinajstić information content (AvgIpc) is 2.85. The Balaban J connectivity index is 2.11. The summed E-state index contributed by atoms with van der Waals surface area (Å²) in [6.45, 7) is 1.47. The number of sulfonamides is 1. The number of fused-ring (bicyclic) bond motifs is 1. The molecule has 3 rings (SSSR count). The van der Waals surface area contributed by atoms with E-state index in [2.05, 4.69) is 5.32 Å². The van der Waals surface area contributed by atoms with Crippen LogP contribution < -0.4 is 9.62 Å². The van der Waals surface area contributed by atoms with Gasteiger partial charge in [-0.15, -0.1) is 11.8 Å². The van der Waals surface area contributed by atoms with Crippen LogP contribution in [0.1, 0.15) is 18.9 Å². The van der Waals surface area contributed by atoms with Gasteiger partial charge in [0.15, 0.2) is 0 Å². The van der Waals surface area contributed by atoms with Gasteiger partial charge in [-0.1, -0.05) is 13.0 Å². The summed E-state index contributed by atoms with van der Waals surface area (Å²) >= 11 is 0.705. The largest absolute Gasteiger partial charge is 0.430 e. The van der Waals surface area contributed by atoms with Crippen LogP contribution in [-0.2, 0) is 20.4 Å². The normalized spacial score (nSPS) is 17.5. The van der Waals surface area contributed by atoms with Crippen molar-refractivity contribution < 1.29 is 54.2 Å². The lowest BCUT2D eigenvalue weighted by Crippen LogP contribution is -2.54. The second-order valence-electron chi connectivity index (χ2n) is 8.90. The molecular weight excluding hydrogens is 581 g/mol. The molecule has 2 aromatic carbocycles. The first-order valence-corrected chi connectivity index (χ1v) is 13.7. The van der Waals surface area contributed by atoms with Gasteiger partial charge in [0.2, 0.25) is 5.91 Å². The highest BCUT2D eigenvalue weighted by molar-refractivity contribution is 8.00. The molecule has 1 amide bonds. The summed E-state index contributed by atoms with van der Waals surface area (Å²) < 4.78 is 122. The number of aliphatic hydroxyl groups is 2. The molecule has 0 saturated heterocycles. The number of amides is 1. The summed E-state index contributed by atoms with van der Waals surface area (Å²) in [5.41, 5.74) is -7.12. The molecule has 1 heterocycles. The van der Waals surface area contributed by atoms with Crippen LogP contribution in [-0.4, -0.2) is 61.8 Å². The van der Waals surface area contributed by atoms with E-state index in [1.165, 1.54) is 0 Å². The van der Waals surface area contributed by atoms with Crippen LogP contribution in [0.15, 0.2) is 52.3 Å². The van der Waals surface area contributed by atoms with E-state index in [0.29, 0.717) is 34.3 Å². The summed E-state index contributed by atoms with van der Waals surface area (Å²) in [4.78, 5) is 11.8. The predicted molar refractivity (Wildman–Crippen MR) is 127 cm³/mol. The summed E-state index contributed by atoms with van der Waals surface area (Å²) in [5.74, 6) is -1.95. The number of halogens is 7. The number of aliphatic hydroxyl groups excluding tert-OH is 1. The van der Waals surface area contributed by atoms with Gasteiger partial charge in [0.25, 0.3) is 15.6 Å². The van der Waals surface area contributed by atoms with Crippen LogP contribution in [0.4, 0.5) is 36.4 Å². The SMILES string of the molecule is CC(CO)CNC(=O)C[C@H]1CSc2cc(C(O)(C(F)(F)F)C(F)(F)F)ccc2N1S(=O)(=O)c1ccc(F)cc1. The molecule has 1 unspecified atom stereocenters. The van der Waals surface area contributed by atoms with E-state index in [9.17, 15) is 49.1 Å².